The Morgan fingerprint density at radius 3 is 2.59 bits per heavy atom. The van der Waals surface area contributed by atoms with Gasteiger partial charge in [-0.15, -0.1) is 0 Å². The molecule has 0 saturated heterocycles. The highest BCUT2D eigenvalue weighted by atomic mass is 16.2. The molecule has 1 aliphatic carbocycles. The molecule has 6 rings (SSSR count). The molecule has 4 aromatic rings. The van der Waals surface area contributed by atoms with Crippen molar-refractivity contribution in [2.24, 2.45) is 5.92 Å². The van der Waals surface area contributed by atoms with E-state index in [1.54, 1.807) is 0 Å². The number of aromatic nitrogens is 3. The van der Waals surface area contributed by atoms with Gasteiger partial charge in [-0.2, -0.15) is 5.10 Å². The third-order valence-corrected chi connectivity index (χ3v) is 7.25. The van der Waals surface area contributed by atoms with Gasteiger partial charge in [-0.1, -0.05) is 37.1 Å². The summed E-state index contributed by atoms with van der Waals surface area (Å²) in [6.45, 7) is 5.55. The summed E-state index contributed by atoms with van der Waals surface area (Å²) in [5.74, 6) is 0.510. The number of fused-ring (bicyclic) bond motifs is 2. The van der Waals surface area contributed by atoms with Crippen LogP contribution in [-0.4, -0.2) is 25.6 Å². The Morgan fingerprint density at radius 2 is 1.81 bits per heavy atom. The molecule has 5 heteroatoms. The number of amides is 1. The van der Waals surface area contributed by atoms with Crippen molar-refractivity contribution in [2.75, 3.05) is 0 Å². The number of hydrogen-bond acceptors (Lipinski definition) is 2. The fourth-order valence-electron chi connectivity index (χ4n) is 5.60. The highest BCUT2D eigenvalue weighted by molar-refractivity contribution is 5.86. The van der Waals surface area contributed by atoms with Gasteiger partial charge >= 0.3 is 0 Å². The van der Waals surface area contributed by atoms with Gasteiger partial charge in [-0.25, -0.2) is 4.68 Å². The summed E-state index contributed by atoms with van der Waals surface area (Å²) in [6.07, 6.45) is 6.40. The summed E-state index contributed by atoms with van der Waals surface area (Å²) in [4.78, 5) is 18.5. The predicted octanol–water partition coefficient (Wildman–Crippen LogP) is 5.67. The van der Waals surface area contributed by atoms with E-state index in [0.717, 1.165) is 41.0 Å². The Morgan fingerprint density at radius 1 is 1.03 bits per heavy atom. The quantitative estimate of drug-likeness (QED) is 0.461. The van der Waals surface area contributed by atoms with Crippen molar-refractivity contribution in [2.45, 2.75) is 52.6 Å². The van der Waals surface area contributed by atoms with E-state index in [2.05, 4.69) is 66.0 Å². The molecule has 1 saturated carbocycles. The minimum absolute atomic E-state index is 0.199. The first kappa shape index (κ1) is 19.4. The monoisotopic (exact) mass is 424 g/mol. The standard InChI is InChI=1S/C27H28N4O/c1-17-6-5-7-18(2)25(17)31-26(21-10-11-23-20(14-21)12-13-28-23)22-15-30(16-24(22)29-31)27(32)19-8-3-4-9-19/h5-7,10-14,19,28H,3-4,8-9,15-16H2,1-2H3. The molecule has 5 nitrogen and oxygen atoms in total. The van der Waals surface area contributed by atoms with Crippen LogP contribution < -0.4 is 0 Å². The van der Waals surface area contributed by atoms with Crippen LogP contribution in [0.5, 0.6) is 0 Å². The molecule has 1 aliphatic heterocycles. The van der Waals surface area contributed by atoms with Crippen molar-refractivity contribution in [1.29, 1.82) is 0 Å². The number of nitrogens with one attached hydrogen (secondary N) is 1. The van der Waals surface area contributed by atoms with Crippen molar-refractivity contribution in [3.63, 3.8) is 0 Å². The van der Waals surface area contributed by atoms with Crippen LogP contribution in [0.2, 0.25) is 0 Å². The summed E-state index contributed by atoms with van der Waals surface area (Å²) < 4.78 is 2.13. The first-order chi connectivity index (χ1) is 15.6. The average Bonchev–Trinajstić information content (AvgIpc) is 3.56. The van der Waals surface area contributed by atoms with Gasteiger partial charge < -0.3 is 9.88 Å². The summed E-state index contributed by atoms with van der Waals surface area (Å²) in [7, 11) is 0. The van der Waals surface area contributed by atoms with Crippen LogP contribution in [-0.2, 0) is 17.9 Å². The van der Waals surface area contributed by atoms with Gasteiger partial charge in [-0.3, -0.25) is 4.79 Å². The van der Waals surface area contributed by atoms with Gasteiger partial charge in [0.05, 0.1) is 30.2 Å². The van der Waals surface area contributed by atoms with E-state index in [9.17, 15) is 4.79 Å². The highest BCUT2D eigenvalue weighted by Crippen LogP contribution is 2.38. The second-order valence-electron chi connectivity index (χ2n) is 9.38. The highest BCUT2D eigenvalue weighted by Gasteiger charge is 2.35. The zero-order chi connectivity index (χ0) is 21.8. The molecule has 3 heterocycles. The SMILES string of the molecule is Cc1cccc(C)c1-n1nc2c(c1-c1ccc3[nH]ccc3c1)CN(C(=O)C1CCCC1)C2. The van der Waals surface area contributed by atoms with Crippen LogP contribution in [0.15, 0.2) is 48.7 Å². The molecule has 0 unspecified atom stereocenters. The van der Waals surface area contributed by atoms with Crippen molar-refractivity contribution >= 4 is 16.8 Å². The van der Waals surface area contributed by atoms with Crippen molar-refractivity contribution in [1.82, 2.24) is 19.7 Å². The largest absolute Gasteiger partial charge is 0.361 e. The number of carbonyl (C=O) groups is 1. The number of carbonyl (C=O) groups excluding carboxylic acids is 1. The Labute approximate surface area is 188 Å². The summed E-state index contributed by atoms with van der Waals surface area (Å²) >= 11 is 0. The molecule has 2 aromatic carbocycles. The van der Waals surface area contributed by atoms with Crippen molar-refractivity contribution < 1.29 is 4.79 Å². The number of hydrogen-bond donors (Lipinski definition) is 1. The maximum atomic E-state index is 13.2. The summed E-state index contributed by atoms with van der Waals surface area (Å²) in [6, 6.07) is 15.0. The van der Waals surface area contributed by atoms with Crippen molar-refractivity contribution in [3.8, 4) is 16.9 Å². The number of nitrogens with zero attached hydrogens (tertiary/aromatic N) is 3. The maximum absolute atomic E-state index is 13.2. The van der Waals surface area contributed by atoms with E-state index in [1.165, 1.54) is 34.9 Å². The van der Waals surface area contributed by atoms with Gasteiger partial charge in [0.15, 0.2) is 0 Å². The fourth-order valence-corrected chi connectivity index (χ4v) is 5.60. The van der Waals surface area contributed by atoms with Crippen LogP contribution in [0.1, 0.15) is 48.1 Å². The van der Waals surface area contributed by atoms with E-state index in [0.29, 0.717) is 19.0 Å². The van der Waals surface area contributed by atoms with Crippen molar-refractivity contribution in [3.05, 3.63) is 71.0 Å². The average molecular weight is 425 g/mol. The lowest BCUT2D eigenvalue weighted by Gasteiger charge is -2.21. The lowest BCUT2D eigenvalue weighted by atomic mass is 10.0. The smallest absolute Gasteiger partial charge is 0.226 e. The molecule has 1 fully saturated rings. The molecule has 1 amide bonds. The normalized spacial score (nSPS) is 16.2. The minimum Gasteiger partial charge on any atom is -0.361 e. The zero-order valence-corrected chi connectivity index (χ0v) is 18.7. The topological polar surface area (TPSA) is 53.9 Å². The lowest BCUT2D eigenvalue weighted by molar-refractivity contribution is -0.136. The predicted molar refractivity (Wildman–Crippen MR) is 127 cm³/mol. The molecular formula is C27H28N4O. The van der Waals surface area contributed by atoms with Crippen LogP contribution in [0.3, 0.4) is 0 Å². The molecule has 32 heavy (non-hydrogen) atoms. The number of para-hydroxylation sites is 1. The molecule has 0 spiro atoms. The van der Waals surface area contributed by atoms with Gasteiger partial charge in [0.25, 0.3) is 0 Å². The van der Waals surface area contributed by atoms with E-state index >= 15 is 0 Å². The third-order valence-electron chi connectivity index (χ3n) is 7.25. The van der Waals surface area contributed by atoms with Crippen LogP contribution in [0.4, 0.5) is 0 Å². The van der Waals surface area contributed by atoms with Gasteiger partial charge in [0.2, 0.25) is 5.91 Å². The maximum Gasteiger partial charge on any atom is 0.226 e. The molecule has 2 aliphatic rings. The molecule has 0 radical (unpaired) electrons. The minimum atomic E-state index is 0.199. The Kier molecular flexibility index (Phi) is 4.46. The van der Waals surface area contributed by atoms with E-state index in [-0.39, 0.29) is 5.92 Å². The van der Waals surface area contributed by atoms with E-state index in [1.807, 2.05) is 11.1 Å². The second kappa shape index (κ2) is 7.37. The first-order valence-electron chi connectivity index (χ1n) is 11.6. The van der Waals surface area contributed by atoms with E-state index in [4.69, 9.17) is 5.10 Å². The fraction of sp³-hybridized carbons (Fsp3) is 0.333. The van der Waals surface area contributed by atoms with Crippen LogP contribution in [0.25, 0.3) is 27.8 Å². The molecule has 2 aromatic heterocycles. The Balaban J connectivity index is 1.49. The number of H-pyrrole nitrogens is 1. The zero-order valence-electron chi connectivity index (χ0n) is 18.7. The third kappa shape index (κ3) is 2.99. The van der Waals surface area contributed by atoms with Gasteiger partial charge in [0, 0.05) is 34.1 Å². The summed E-state index contributed by atoms with van der Waals surface area (Å²) in [5.41, 5.74) is 9.15. The lowest BCUT2D eigenvalue weighted by Crippen LogP contribution is -2.31. The van der Waals surface area contributed by atoms with Gasteiger partial charge in [0.1, 0.15) is 0 Å². The first-order valence-corrected chi connectivity index (χ1v) is 11.6. The molecular weight excluding hydrogens is 396 g/mol. The van der Waals surface area contributed by atoms with Crippen LogP contribution in [0, 0.1) is 19.8 Å². The number of rotatable bonds is 3. The number of aryl methyl sites for hydroxylation is 2. The van der Waals surface area contributed by atoms with E-state index < -0.39 is 0 Å². The second-order valence-corrected chi connectivity index (χ2v) is 9.38. The number of aromatic amines is 1. The molecule has 1 N–H and O–H groups in total. The molecule has 0 bridgehead atoms. The number of benzene rings is 2. The van der Waals surface area contributed by atoms with Gasteiger partial charge in [-0.05, 0) is 56.0 Å². The molecule has 0 atom stereocenters. The molecule has 162 valence electrons. The summed E-state index contributed by atoms with van der Waals surface area (Å²) in [5, 5.41) is 6.28. The Hall–Kier alpha value is -3.34. The Bertz CT molecular complexity index is 1320. The van der Waals surface area contributed by atoms with Crippen LogP contribution >= 0.6 is 0 Å².